The second-order valence-electron chi connectivity index (χ2n) is 5.84. The average molecular weight is 352 g/mol. The third kappa shape index (κ3) is 3.04. The van der Waals surface area contributed by atoms with Crippen LogP contribution in [0.15, 0.2) is 65.9 Å². The van der Waals surface area contributed by atoms with Gasteiger partial charge in [0, 0.05) is 41.8 Å². The van der Waals surface area contributed by atoms with Crippen LogP contribution in [0.25, 0.3) is 0 Å². The van der Waals surface area contributed by atoms with E-state index in [1.54, 1.807) is 36.2 Å². The summed E-state index contributed by atoms with van der Waals surface area (Å²) in [5.74, 6) is -1.17. The highest BCUT2D eigenvalue weighted by Gasteiger charge is 2.32. The molecule has 0 spiro atoms. The number of nitro groups is 1. The summed E-state index contributed by atoms with van der Waals surface area (Å²) in [7, 11) is 0. The molecule has 0 saturated carbocycles. The predicted molar refractivity (Wildman–Crippen MR) is 94.4 cm³/mol. The minimum absolute atomic E-state index is 0.0766. The molecule has 0 aliphatic carbocycles. The lowest BCUT2D eigenvalue weighted by atomic mass is 9.86. The number of hydrogen-bond donors (Lipinski definition) is 1. The van der Waals surface area contributed by atoms with E-state index in [9.17, 15) is 20.0 Å². The maximum atomic E-state index is 12.0. The Bertz CT molecular complexity index is 937. The first-order valence-corrected chi connectivity index (χ1v) is 7.83. The van der Waals surface area contributed by atoms with Crippen LogP contribution in [-0.2, 0) is 4.79 Å². The lowest BCUT2D eigenvalue weighted by Crippen LogP contribution is -2.29. The highest BCUT2D eigenvalue weighted by molar-refractivity contribution is 5.92. The van der Waals surface area contributed by atoms with E-state index in [-0.39, 0.29) is 11.3 Å². The lowest BCUT2D eigenvalue weighted by Gasteiger charge is -2.33. The van der Waals surface area contributed by atoms with Gasteiger partial charge in [-0.3, -0.25) is 15.1 Å². The van der Waals surface area contributed by atoms with Gasteiger partial charge in [0.2, 0.25) is 0 Å². The van der Waals surface area contributed by atoms with Crippen molar-refractivity contribution in [3.63, 3.8) is 0 Å². The van der Waals surface area contributed by atoms with Gasteiger partial charge in [-0.05, 0) is 19.4 Å². The Hall–Kier alpha value is -3.55. The van der Waals surface area contributed by atoms with Crippen LogP contribution in [0.5, 0.6) is 0 Å². The zero-order valence-electron chi connectivity index (χ0n) is 14.2. The third-order valence-electron chi connectivity index (χ3n) is 4.25. The van der Waals surface area contributed by atoms with Crippen molar-refractivity contribution in [1.29, 1.82) is 0 Å². The Morgan fingerprint density at radius 3 is 2.69 bits per heavy atom. The van der Waals surface area contributed by atoms with E-state index >= 15 is 0 Å². The lowest BCUT2D eigenvalue weighted by molar-refractivity contribution is -0.384. The molecule has 0 bridgehead atoms. The molecule has 0 fully saturated rings. The molecular weight excluding hydrogens is 336 g/mol. The van der Waals surface area contributed by atoms with Crippen molar-refractivity contribution in [2.75, 3.05) is 4.90 Å². The van der Waals surface area contributed by atoms with Gasteiger partial charge in [-0.2, -0.15) is 0 Å². The van der Waals surface area contributed by atoms with Crippen molar-refractivity contribution in [1.82, 2.24) is 9.97 Å². The van der Waals surface area contributed by atoms with Crippen LogP contribution >= 0.6 is 0 Å². The predicted octanol–water partition coefficient (Wildman–Crippen LogP) is 3.25. The molecule has 1 aliphatic rings. The average Bonchev–Trinajstić information content (AvgIpc) is 2.61. The maximum absolute atomic E-state index is 12.0. The number of nitrogens with zero attached hydrogens (tertiary/aromatic N) is 4. The fraction of sp³-hybridized carbons (Fsp3) is 0.167. The summed E-state index contributed by atoms with van der Waals surface area (Å²) in [6.45, 7) is 3.53. The van der Waals surface area contributed by atoms with Gasteiger partial charge in [0.1, 0.15) is 0 Å². The molecular formula is C18H16N4O4. The van der Waals surface area contributed by atoms with Crippen LogP contribution in [0.1, 0.15) is 25.3 Å². The first kappa shape index (κ1) is 17.3. The number of aliphatic carboxylic acids is 1. The number of hydrogen-bond acceptors (Lipinski definition) is 6. The van der Waals surface area contributed by atoms with Crippen molar-refractivity contribution >= 4 is 17.5 Å². The zero-order valence-corrected chi connectivity index (χ0v) is 14.2. The molecule has 1 aromatic heterocycles. The van der Waals surface area contributed by atoms with E-state index in [1.807, 2.05) is 6.92 Å². The van der Waals surface area contributed by atoms with Crippen LogP contribution in [-0.4, -0.2) is 26.0 Å². The second kappa shape index (κ2) is 6.75. The van der Waals surface area contributed by atoms with Crippen LogP contribution in [0, 0.1) is 10.1 Å². The van der Waals surface area contributed by atoms with E-state index in [2.05, 4.69) is 9.97 Å². The highest BCUT2D eigenvalue weighted by atomic mass is 16.6. The van der Waals surface area contributed by atoms with Crippen LogP contribution in [0.4, 0.5) is 11.5 Å². The Balaban J connectivity index is 2.14. The monoisotopic (exact) mass is 352 g/mol. The first-order valence-electron chi connectivity index (χ1n) is 7.83. The number of anilines is 1. The molecule has 1 N–H and O–H groups in total. The van der Waals surface area contributed by atoms with Crippen LogP contribution in [0.2, 0.25) is 0 Å². The summed E-state index contributed by atoms with van der Waals surface area (Å²) in [4.78, 5) is 32.5. The Kier molecular flexibility index (Phi) is 4.49. The standard InChI is InChI=1S/C18H16N4O4/c1-11-8-15(13-4-3-5-14(9-13)22(25)26)17(18(23)24)12(2)21(11)16-10-19-6-7-20-16/h3-10,15H,1-2H3,(H,23,24). The Labute approximate surface area is 149 Å². The van der Waals surface area contributed by atoms with Gasteiger partial charge in [0.25, 0.3) is 5.69 Å². The fourth-order valence-corrected chi connectivity index (χ4v) is 3.15. The Morgan fingerprint density at radius 2 is 2.08 bits per heavy atom. The number of non-ortho nitro benzene ring substituents is 1. The summed E-state index contributed by atoms with van der Waals surface area (Å²) in [6, 6.07) is 6.03. The zero-order chi connectivity index (χ0) is 18.8. The molecule has 1 unspecified atom stereocenters. The van der Waals surface area contributed by atoms with Crippen molar-refractivity contribution in [2.24, 2.45) is 0 Å². The largest absolute Gasteiger partial charge is 0.478 e. The molecule has 0 amide bonds. The van der Waals surface area contributed by atoms with Crippen LogP contribution < -0.4 is 4.90 Å². The van der Waals surface area contributed by atoms with Gasteiger partial charge in [-0.25, -0.2) is 9.78 Å². The van der Waals surface area contributed by atoms with Gasteiger partial charge < -0.3 is 10.0 Å². The molecule has 8 heteroatoms. The summed E-state index contributed by atoms with van der Waals surface area (Å²) >= 11 is 0. The molecule has 1 aliphatic heterocycles. The van der Waals surface area contributed by atoms with Crippen molar-refractivity contribution in [3.05, 3.63) is 81.6 Å². The smallest absolute Gasteiger partial charge is 0.334 e. The molecule has 0 radical (unpaired) electrons. The number of nitro benzene ring substituents is 1. The van der Waals surface area contributed by atoms with Gasteiger partial charge in [-0.1, -0.05) is 18.2 Å². The molecule has 3 rings (SSSR count). The van der Waals surface area contributed by atoms with Crippen molar-refractivity contribution in [3.8, 4) is 0 Å². The maximum Gasteiger partial charge on any atom is 0.334 e. The summed E-state index contributed by atoms with van der Waals surface area (Å²) < 4.78 is 0. The molecule has 8 nitrogen and oxygen atoms in total. The quantitative estimate of drug-likeness (QED) is 0.664. The van der Waals surface area contributed by atoms with Crippen LogP contribution in [0.3, 0.4) is 0 Å². The number of rotatable bonds is 4. The van der Waals surface area contributed by atoms with E-state index in [0.29, 0.717) is 17.1 Å². The number of benzene rings is 1. The molecule has 2 heterocycles. The summed E-state index contributed by atoms with van der Waals surface area (Å²) in [5, 5.41) is 20.8. The van der Waals surface area contributed by atoms with E-state index in [4.69, 9.17) is 0 Å². The number of carboxylic acids is 1. The summed E-state index contributed by atoms with van der Waals surface area (Å²) in [6.07, 6.45) is 6.39. The van der Waals surface area contributed by atoms with Gasteiger partial charge in [0.05, 0.1) is 16.7 Å². The number of allylic oxidation sites excluding steroid dienone is 3. The number of carbonyl (C=O) groups is 1. The van der Waals surface area contributed by atoms with Crippen molar-refractivity contribution < 1.29 is 14.8 Å². The molecule has 2 aromatic rings. The topological polar surface area (TPSA) is 109 Å². The number of aromatic nitrogens is 2. The van der Waals surface area contributed by atoms with Gasteiger partial charge >= 0.3 is 5.97 Å². The van der Waals surface area contributed by atoms with E-state index in [1.165, 1.54) is 24.5 Å². The molecule has 1 aromatic carbocycles. The molecule has 132 valence electrons. The summed E-state index contributed by atoms with van der Waals surface area (Å²) in [5.41, 5.74) is 1.88. The minimum atomic E-state index is -1.09. The van der Waals surface area contributed by atoms with Crippen molar-refractivity contribution in [2.45, 2.75) is 19.8 Å². The fourth-order valence-electron chi connectivity index (χ4n) is 3.15. The molecule has 26 heavy (non-hydrogen) atoms. The molecule has 1 atom stereocenters. The molecule has 0 saturated heterocycles. The van der Waals surface area contributed by atoms with Gasteiger partial charge in [-0.15, -0.1) is 0 Å². The second-order valence-corrected chi connectivity index (χ2v) is 5.84. The van der Waals surface area contributed by atoms with Gasteiger partial charge in [0.15, 0.2) is 5.82 Å². The number of carboxylic acid groups (broad SMARTS) is 1. The van der Waals surface area contributed by atoms with E-state index < -0.39 is 16.8 Å². The third-order valence-corrected chi connectivity index (χ3v) is 4.25. The normalized spacial score (nSPS) is 17.1. The first-order chi connectivity index (χ1) is 12.4. The van der Waals surface area contributed by atoms with E-state index in [0.717, 1.165) is 5.70 Å². The highest BCUT2D eigenvalue weighted by Crippen LogP contribution is 2.38. The minimum Gasteiger partial charge on any atom is -0.478 e. The Morgan fingerprint density at radius 1 is 1.31 bits per heavy atom. The SMILES string of the molecule is CC1=CC(c2cccc([N+](=O)[O-])c2)C(C(=O)O)=C(C)N1c1cnccn1.